The summed E-state index contributed by atoms with van der Waals surface area (Å²) in [7, 11) is -3.51. The maximum Gasteiger partial charge on any atom is 0.416 e. The van der Waals surface area contributed by atoms with Crippen molar-refractivity contribution < 1.29 is 26.4 Å². The van der Waals surface area contributed by atoms with Gasteiger partial charge in [-0.25, -0.2) is 8.42 Å². The number of nitrogens with zero attached hydrogens (tertiary/aromatic N) is 1. The first kappa shape index (κ1) is 25.8. The average Bonchev–Trinajstić information content (AvgIpc) is 3.11. The van der Waals surface area contributed by atoms with Gasteiger partial charge < -0.3 is 5.32 Å². The summed E-state index contributed by atoms with van der Waals surface area (Å²) in [6, 6.07) is 11.3. The van der Waals surface area contributed by atoms with Crippen LogP contribution in [-0.2, 0) is 27.4 Å². The number of hydrogen-bond donors (Lipinski definition) is 1. The van der Waals surface area contributed by atoms with E-state index in [1.165, 1.54) is 12.1 Å². The summed E-state index contributed by atoms with van der Waals surface area (Å²) < 4.78 is 65.4. The van der Waals surface area contributed by atoms with Gasteiger partial charge in [0.2, 0.25) is 15.9 Å². The molecule has 5 nitrogen and oxygen atoms in total. The fraction of sp³-hybridized carbons (Fsp3) is 0.400. The molecule has 0 aliphatic carbocycles. The van der Waals surface area contributed by atoms with Crippen LogP contribution >= 0.6 is 0 Å². The molecule has 3 rings (SSSR count). The Morgan fingerprint density at radius 2 is 1.68 bits per heavy atom. The number of carbonyl (C=O) groups excluding carboxylic acids is 1. The zero-order valence-electron chi connectivity index (χ0n) is 18.7. The Hall–Kier alpha value is -2.83. The minimum absolute atomic E-state index is 0.0160. The lowest BCUT2D eigenvalue weighted by molar-refractivity contribution is -0.137. The fourth-order valence-electron chi connectivity index (χ4n) is 3.67. The molecule has 0 radical (unpaired) electrons. The molecule has 0 bridgehead atoms. The predicted molar refractivity (Wildman–Crippen MR) is 123 cm³/mol. The Bertz CT molecular complexity index is 1140. The maximum atomic E-state index is 12.8. The first-order valence-electron chi connectivity index (χ1n) is 11.2. The van der Waals surface area contributed by atoms with Crippen LogP contribution < -0.4 is 5.32 Å². The van der Waals surface area contributed by atoms with Crippen LogP contribution in [0.25, 0.3) is 0 Å². The maximum absolute atomic E-state index is 12.8. The van der Waals surface area contributed by atoms with E-state index in [2.05, 4.69) is 17.2 Å². The number of alkyl halides is 3. The monoisotopic (exact) mass is 492 g/mol. The first-order valence-corrected chi connectivity index (χ1v) is 12.6. The number of benzene rings is 2. The van der Waals surface area contributed by atoms with E-state index in [4.69, 9.17) is 0 Å². The van der Waals surface area contributed by atoms with E-state index in [1.54, 1.807) is 28.6 Å². The largest absolute Gasteiger partial charge is 0.416 e. The Kier molecular flexibility index (Phi) is 8.75. The highest BCUT2D eigenvalue weighted by atomic mass is 32.2. The van der Waals surface area contributed by atoms with Gasteiger partial charge in [-0.2, -0.15) is 17.5 Å². The van der Waals surface area contributed by atoms with Crippen molar-refractivity contribution in [1.29, 1.82) is 0 Å². The number of carbonyl (C=O) groups is 1. The number of nitrogens with one attached hydrogen (secondary N) is 1. The number of amides is 1. The molecule has 9 heteroatoms. The molecule has 0 unspecified atom stereocenters. The molecule has 34 heavy (non-hydrogen) atoms. The van der Waals surface area contributed by atoms with Crippen LogP contribution in [0.1, 0.15) is 48.8 Å². The molecule has 1 aliphatic heterocycles. The Morgan fingerprint density at radius 3 is 2.32 bits per heavy atom. The van der Waals surface area contributed by atoms with Crippen LogP contribution in [0, 0.1) is 11.8 Å². The summed E-state index contributed by atoms with van der Waals surface area (Å²) in [6.07, 6.45) is 0.0167. The van der Waals surface area contributed by atoms with E-state index in [1.807, 2.05) is 0 Å². The lowest BCUT2D eigenvalue weighted by Gasteiger charge is -2.20. The van der Waals surface area contributed by atoms with Crippen molar-refractivity contribution in [3.05, 3.63) is 65.2 Å². The van der Waals surface area contributed by atoms with Crippen LogP contribution in [0.2, 0.25) is 0 Å². The highest BCUT2D eigenvalue weighted by molar-refractivity contribution is 7.89. The van der Waals surface area contributed by atoms with Crippen molar-refractivity contribution in [2.45, 2.75) is 49.6 Å². The summed E-state index contributed by atoms with van der Waals surface area (Å²) in [5.74, 6) is 5.01. The molecule has 0 aromatic heterocycles. The van der Waals surface area contributed by atoms with Gasteiger partial charge in [0.15, 0.2) is 0 Å². The summed E-state index contributed by atoms with van der Waals surface area (Å²) in [5.41, 5.74) is 0.285. The van der Waals surface area contributed by atoms with E-state index >= 15 is 0 Å². The Morgan fingerprint density at radius 1 is 1.00 bits per heavy atom. The fourth-order valence-corrected chi connectivity index (χ4v) is 5.18. The van der Waals surface area contributed by atoms with E-state index in [-0.39, 0.29) is 29.3 Å². The van der Waals surface area contributed by atoms with Crippen molar-refractivity contribution in [3.8, 4) is 11.8 Å². The lowest BCUT2D eigenvalue weighted by Crippen LogP contribution is -2.31. The second-order valence-electron chi connectivity index (χ2n) is 8.12. The Balaban J connectivity index is 1.47. The van der Waals surface area contributed by atoms with Crippen molar-refractivity contribution >= 4 is 15.9 Å². The van der Waals surface area contributed by atoms with Crippen molar-refractivity contribution in [1.82, 2.24) is 9.62 Å². The standard InChI is InChI=1S/C25H27F3N2O3S/c26-25(27,28)22-9-5-7-21(19-22)8-6-16-29-24(31)15-12-20-10-13-23(14-11-20)34(32,33)30-17-3-1-2-4-18-30/h5,7,9-11,13-14,19H,1-4,12,15-18H2,(H,29,31). The van der Waals surface area contributed by atoms with E-state index in [0.29, 0.717) is 19.5 Å². The second kappa shape index (κ2) is 11.5. The van der Waals surface area contributed by atoms with Crippen LogP contribution in [0.4, 0.5) is 13.2 Å². The van der Waals surface area contributed by atoms with Gasteiger partial charge >= 0.3 is 6.18 Å². The quantitative estimate of drug-likeness (QED) is 0.609. The van der Waals surface area contributed by atoms with Crippen molar-refractivity contribution in [3.63, 3.8) is 0 Å². The summed E-state index contributed by atoms with van der Waals surface area (Å²) in [5, 5.41) is 2.62. The molecule has 2 aromatic carbocycles. The van der Waals surface area contributed by atoms with Gasteiger partial charge in [0.1, 0.15) is 0 Å². The van der Waals surface area contributed by atoms with E-state index in [9.17, 15) is 26.4 Å². The van der Waals surface area contributed by atoms with Crippen molar-refractivity contribution in [2.75, 3.05) is 19.6 Å². The molecule has 1 saturated heterocycles. The minimum Gasteiger partial charge on any atom is -0.345 e. The molecule has 2 aromatic rings. The van der Waals surface area contributed by atoms with Gasteiger partial charge in [-0.05, 0) is 55.2 Å². The molecule has 0 atom stereocenters. The minimum atomic E-state index is -4.43. The predicted octanol–water partition coefficient (Wildman–Crippen LogP) is 4.37. The molecule has 1 heterocycles. The molecule has 0 spiro atoms. The van der Waals surface area contributed by atoms with Crippen LogP contribution in [-0.4, -0.2) is 38.3 Å². The third-order valence-electron chi connectivity index (χ3n) is 5.56. The van der Waals surface area contributed by atoms with Gasteiger partial charge in [0, 0.05) is 25.1 Å². The highest BCUT2D eigenvalue weighted by Crippen LogP contribution is 2.29. The van der Waals surface area contributed by atoms with Crippen molar-refractivity contribution in [2.24, 2.45) is 0 Å². The van der Waals surface area contributed by atoms with Gasteiger partial charge in [0.25, 0.3) is 0 Å². The third kappa shape index (κ3) is 7.34. The first-order chi connectivity index (χ1) is 16.2. The lowest BCUT2D eigenvalue weighted by atomic mass is 10.1. The molecule has 1 aliphatic rings. The molecular formula is C25H27F3N2O3S. The topological polar surface area (TPSA) is 66.5 Å². The number of sulfonamides is 1. The normalized spacial score (nSPS) is 15.1. The number of hydrogen-bond acceptors (Lipinski definition) is 3. The van der Waals surface area contributed by atoms with Crippen LogP contribution in [0.15, 0.2) is 53.4 Å². The Labute approximate surface area is 198 Å². The highest BCUT2D eigenvalue weighted by Gasteiger charge is 2.30. The zero-order chi connectivity index (χ0) is 24.6. The van der Waals surface area contributed by atoms with Gasteiger partial charge in [-0.15, -0.1) is 0 Å². The number of halogens is 3. The zero-order valence-corrected chi connectivity index (χ0v) is 19.5. The molecule has 1 N–H and O–H groups in total. The van der Waals surface area contributed by atoms with E-state index in [0.717, 1.165) is 43.4 Å². The summed E-state index contributed by atoms with van der Waals surface area (Å²) in [6.45, 7) is 1.10. The third-order valence-corrected chi connectivity index (χ3v) is 7.48. The molecular weight excluding hydrogens is 465 g/mol. The molecule has 182 valence electrons. The molecule has 1 amide bonds. The summed E-state index contributed by atoms with van der Waals surface area (Å²) >= 11 is 0. The number of rotatable bonds is 6. The molecule has 0 saturated carbocycles. The van der Waals surface area contributed by atoms with Crippen LogP contribution in [0.3, 0.4) is 0 Å². The van der Waals surface area contributed by atoms with Gasteiger partial charge in [0.05, 0.1) is 17.0 Å². The second-order valence-corrected chi connectivity index (χ2v) is 10.1. The van der Waals surface area contributed by atoms with Gasteiger partial charge in [-0.3, -0.25) is 4.79 Å². The van der Waals surface area contributed by atoms with E-state index < -0.39 is 21.8 Å². The number of aryl methyl sites for hydroxylation is 1. The summed E-state index contributed by atoms with van der Waals surface area (Å²) in [4.78, 5) is 12.3. The van der Waals surface area contributed by atoms with Crippen LogP contribution in [0.5, 0.6) is 0 Å². The smallest absolute Gasteiger partial charge is 0.345 e. The SMILES string of the molecule is O=C(CCc1ccc(S(=O)(=O)N2CCCCCC2)cc1)NCC#Cc1cccc(C(F)(F)F)c1. The molecule has 1 fully saturated rings. The van der Waals surface area contributed by atoms with Gasteiger partial charge in [-0.1, -0.05) is 42.9 Å². The average molecular weight is 493 g/mol.